The van der Waals surface area contributed by atoms with E-state index in [4.69, 9.17) is 11.6 Å². The van der Waals surface area contributed by atoms with Crippen molar-refractivity contribution in [3.8, 4) is 5.95 Å². The maximum atomic E-state index is 5.88. The van der Waals surface area contributed by atoms with Gasteiger partial charge in [-0.25, -0.2) is 14.6 Å². The summed E-state index contributed by atoms with van der Waals surface area (Å²) in [6.07, 6.45) is 4.82. The molecule has 74 valence electrons. The molecule has 7 heteroatoms. The summed E-state index contributed by atoms with van der Waals surface area (Å²) < 4.78 is 1.60. The Hall–Kier alpha value is -1.95. The van der Waals surface area contributed by atoms with Crippen molar-refractivity contribution in [2.24, 2.45) is 0 Å². The summed E-state index contributed by atoms with van der Waals surface area (Å²) in [5, 5.41) is 4.40. The molecule has 0 spiro atoms. The molecule has 0 radical (unpaired) electrons. The molecule has 6 nitrogen and oxygen atoms in total. The van der Waals surface area contributed by atoms with Gasteiger partial charge in [0.2, 0.25) is 5.95 Å². The lowest BCUT2D eigenvalue weighted by Crippen LogP contribution is -1.95. The molecule has 0 fully saturated rings. The van der Waals surface area contributed by atoms with E-state index in [1.807, 2.05) is 0 Å². The van der Waals surface area contributed by atoms with Crippen LogP contribution in [0.15, 0.2) is 24.8 Å². The van der Waals surface area contributed by atoms with Gasteiger partial charge in [-0.05, 0) is 6.07 Å². The molecular formula is C8H5ClN6. The van der Waals surface area contributed by atoms with Crippen molar-refractivity contribution in [2.45, 2.75) is 0 Å². The number of halogens is 1. The quantitative estimate of drug-likeness (QED) is 0.626. The molecule has 0 saturated carbocycles. The molecule has 0 aliphatic heterocycles. The molecule has 15 heavy (non-hydrogen) atoms. The summed E-state index contributed by atoms with van der Waals surface area (Å²) in [5.74, 6) is 0.567. The number of fused-ring (bicyclic) bond motifs is 1. The van der Waals surface area contributed by atoms with Crippen LogP contribution in [0.1, 0.15) is 0 Å². The minimum absolute atomic E-state index is 0.353. The first-order valence-corrected chi connectivity index (χ1v) is 4.58. The third-order valence-electron chi connectivity index (χ3n) is 1.95. The number of hydrogen-bond acceptors (Lipinski definition) is 4. The number of aromatic amines is 1. The molecule has 0 saturated heterocycles. The highest BCUT2D eigenvalue weighted by molar-refractivity contribution is 6.33. The standard InChI is InChI=1S/C8H5ClN6/c9-6-5-7(11-4-10-6)14-8(13-5)15-3-1-2-12-15/h1-4H,(H,10,11,13,14). The molecule has 3 heterocycles. The zero-order valence-corrected chi connectivity index (χ0v) is 8.18. The first-order chi connectivity index (χ1) is 7.34. The van der Waals surface area contributed by atoms with Gasteiger partial charge < -0.3 is 4.98 Å². The summed E-state index contributed by atoms with van der Waals surface area (Å²) in [7, 11) is 0. The summed E-state index contributed by atoms with van der Waals surface area (Å²) in [6, 6.07) is 1.81. The normalized spacial score (nSPS) is 11.0. The van der Waals surface area contributed by atoms with Crippen molar-refractivity contribution in [3.63, 3.8) is 0 Å². The monoisotopic (exact) mass is 220 g/mol. The maximum Gasteiger partial charge on any atom is 0.230 e. The van der Waals surface area contributed by atoms with E-state index in [2.05, 4.69) is 25.0 Å². The predicted octanol–water partition coefficient (Wildman–Crippen LogP) is 1.19. The third kappa shape index (κ3) is 1.26. The molecule has 3 aromatic rings. The molecule has 0 atom stereocenters. The minimum Gasteiger partial charge on any atom is -0.318 e. The Morgan fingerprint density at radius 2 is 2.27 bits per heavy atom. The Bertz CT molecular complexity index is 599. The second kappa shape index (κ2) is 3.03. The van der Waals surface area contributed by atoms with Gasteiger partial charge in [0, 0.05) is 12.4 Å². The lowest BCUT2D eigenvalue weighted by Gasteiger charge is -1.91. The van der Waals surface area contributed by atoms with E-state index in [0.29, 0.717) is 22.3 Å². The van der Waals surface area contributed by atoms with Crippen LogP contribution in [-0.4, -0.2) is 29.7 Å². The molecule has 1 N–H and O–H groups in total. The van der Waals surface area contributed by atoms with Crippen LogP contribution in [0.3, 0.4) is 0 Å². The Morgan fingerprint density at radius 1 is 1.33 bits per heavy atom. The van der Waals surface area contributed by atoms with E-state index < -0.39 is 0 Å². The fourth-order valence-corrected chi connectivity index (χ4v) is 1.47. The van der Waals surface area contributed by atoms with E-state index in [9.17, 15) is 0 Å². The fraction of sp³-hybridized carbons (Fsp3) is 0. The SMILES string of the molecule is Clc1ncnc2nc(-n3cccn3)[nH]c12. The van der Waals surface area contributed by atoms with Gasteiger partial charge in [0.25, 0.3) is 0 Å². The highest BCUT2D eigenvalue weighted by Crippen LogP contribution is 2.17. The van der Waals surface area contributed by atoms with Gasteiger partial charge in [-0.3, -0.25) is 0 Å². The number of H-pyrrole nitrogens is 1. The van der Waals surface area contributed by atoms with Crippen molar-refractivity contribution in [1.29, 1.82) is 0 Å². The Morgan fingerprint density at radius 3 is 3.00 bits per heavy atom. The van der Waals surface area contributed by atoms with Crippen LogP contribution in [0.25, 0.3) is 17.1 Å². The molecule has 0 bridgehead atoms. The molecule has 0 aliphatic carbocycles. The first kappa shape index (κ1) is 8.37. The van der Waals surface area contributed by atoms with Crippen LogP contribution in [0.4, 0.5) is 0 Å². The summed E-state index contributed by atoms with van der Waals surface area (Å²) in [5.41, 5.74) is 1.14. The van der Waals surface area contributed by atoms with Crippen molar-refractivity contribution < 1.29 is 0 Å². The number of nitrogens with zero attached hydrogens (tertiary/aromatic N) is 5. The Balaban J connectivity index is 2.27. The van der Waals surface area contributed by atoms with Gasteiger partial charge in [-0.1, -0.05) is 11.6 Å². The molecular weight excluding hydrogens is 216 g/mol. The summed E-state index contributed by atoms with van der Waals surface area (Å²) >= 11 is 5.88. The van der Waals surface area contributed by atoms with Crippen LogP contribution in [0.2, 0.25) is 5.15 Å². The molecule has 0 unspecified atom stereocenters. The third-order valence-corrected chi connectivity index (χ3v) is 2.24. The molecule has 0 aliphatic rings. The molecule has 0 amide bonds. The summed E-state index contributed by atoms with van der Waals surface area (Å²) in [6.45, 7) is 0. The average Bonchev–Trinajstić information content (AvgIpc) is 2.86. The van der Waals surface area contributed by atoms with Crippen molar-refractivity contribution in [1.82, 2.24) is 29.7 Å². The van der Waals surface area contributed by atoms with Crippen molar-refractivity contribution in [2.75, 3.05) is 0 Å². The van der Waals surface area contributed by atoms with Gasteiger partial charge in [0.1, 0.15) is 11.8 Å². The fourth-order valence-electron chi connectivity index (χ4n) is 1.29. The van der Waals surface area contributed by atoms with Crippen LogP contribution in [0.5, 0.6) is 0 Å². The van der Waals surface area contributed by atoms with E-state index in [0.717, 1.165) is 0 Å². The number of aromatic nitrogens is 6. The van der Waals surface area contributed by atoms with Crippen LogP contribution >= 0.6 is 11.6 Å². The second-order valence-corrected chi connectivity index (χ2v) is 3.23. The number of rotatable bonds is 1. The van der Waals surface area contributed by atoms with Gasteiger partial charge >= 0.3 is 0 Å². The highest BCUT2D eigenvalue weighted by atomic mass is 35.5. The number of nitrogens with one attached hydrogen (secondary N) is 1. The molecule has 0 aromatic carbocycles. The largest absolute Gasteiger partial charge is 0.318 e. The van der Waals surface area contributed by atoms with E-state index in [1.165, 1.54) is 6.33 Å². The van der Waals surface area contributed by atoms with E-state index >= 15 is 0 Å². The number of imidazole rings is 1. The Kier molecular flexibility index (Phi) is 1.69. The first-order valence-electron chi connectivity index (χ1n) is 4.21. The predicted molar refractivity (Wildman–Crippen MR) is 53.8 cm³/mol. The Labute approximate surface area is 88.9 Å². The van der Waals surface area contributed by atoms with Crippen LogP contribution in [-0.2, 0) is 0 Å². The maximum absolute atomic E-state index is 5.88. The highest BCUT2D eigenvalue weighted by Gasteiger charge is 2.08. The molecule has 3 aromatic heterocycles. The van der Waals surface area contributed by atoms with Gasteiger partial charge in [-0.2, -0.15) is 10.1 Å². The smallest absolute Gasteiger partial charge is 0.230 e. The summed E-state index contributed by atoms with van der Waals surface area (Å²) in [4.78, 5) is 15.1. The zero-order chi connectivity index (χ0) is 10.3. The van der Waals surface area contributed by atoms with E-state index in [1.54, 1.807) is 23.1 Å². The van der Waals surface area contributed by atoms with Crippen molar-refractivity contribution in [3.05, 3.63) is 29.9 Å². The molecule has 3 rings (SSSR count). The topological polar surface area (TPSA) is 72.3 Å². The lowest BCUT2D eigenvalue weighted by molar-refractivity contribution is 0.828. The van der Waals surface area contributed by atoms with Crippen LogP contribution in [0, 0.1) is 0 Å². The lowest BCUT2D eigenvalue weighted by atomic mass is 10.6. The second-order valence-electron chi connectivity index (χ2n) is 2.87. The van der Waals surface area contributed by atoms with Crippen LogP contribution < -0.4 is 0 Å². The number of hydrogen-bond donors (Lipinski definition) is 1. The average molecular weight is 221 g/mol. The van der Waals surface area contributed by atoms with Gasteiger partial charge in [0.15, 0.2) is 10.8 Å². The van der Waals surface area contributed by atoms with E-state index in [-0.39, 0.29) is 0 Å². The van der Waals surface area contributed by atoms with Crippen molar-refractivity contribution >= 4 is 22.8 Å². The van der Waals surface area contributed by atoms with Gasteiger partial charge in [-0.15, -0.1) is 0 Å². The minimum atomic E-state index is 0.353. The van der Waals surface area contributed by atoms with Gasteiger partial charge in [0.05, 0.1) is 0 Å². The zero-order valence-electron chi connectivity index (χ0n) is 7.42.